The summed E-state index contributed by atoms with van der Waals surface area (Å²) >= 11 is 0. The number of aliphatic hydroxyl groups is 3. The van der Waals surface area contributed by atoms with E-state index in [9.17, 15) is 15.3 Å². The molecule has 0 radical (unpaired) electrons. The van der Waals surface area contributed by atoms with Crippen molar-refractivity contribution in [2.45, 2.75) is 70.6 Å². The van der Waals surface area contributed by atoms with Crippen LogP contribution in [0.3, 0.4) is 0 Å². The molecule has 110 valence electrons. The Kier molecular flexibility index (Phi) is 4.07. The monoisotopic (exact) mass is 270 g/mol. The summed E-state index contributed by atoms with van der Waals surface area (Å²) in [5.41, 5.74) is 0.262. The number of rotatable bonds is 1. The second kappa shape index (κ2) is 5.17. The first-order valence-corrected chi connectivity index (χ1v) is 7.15. The van der Waals surface area contributed by atoms with Gasteiger partial charge in [-0.05, 0) is 37.7 Å². The Morgan fingerprint density at radius 2 is 1.95 bits per heavy atom. The van der Waals surface area contributed by atoms with E-state index in [-0.39, 0.29) is 12.0 Å². The van der Waals surface area contributed by atoms with Crippen LogP contribution in [0.5, 0.6) is 0 Å². The average Bonchev–Trinajstić information content (AvgIpc) is 2.98. The lowest BCUT2D eigenvalue weighted by Crippen LogP contribution is -2.38. The van der Waals surface area contributed by atoms with Crippen molar-refractivity contribution in [3.8, 4) is 0 Å². The first-order valence-electron chi connectivity index (χ1n) is 7.15. The highest BCUT2D eigenvalue weighted by Crippen LogP contribution is 2.46. The van der Waals surface area contributed by atoms with Gasteiger partial charge in [-0.2, -0.15) is 0 Å². The molecule has 3 N–H and O–H groups in total. The maximum atomic E-state index is 10.5. The maximum absolute atomic E-state index is 10.5. The topological polar surface area (TPSA) is 73.2 Å². The second-order valence-corrected chi connectivity index (χ2v) is 6.65. The van der Waals surface area contributed by atoms with Gasteiger partial charge in [0.1, 0.15) is 12.2 Å². The third kappa shape index (κ3) is 2.87. The van der Waals surface area contributed by atoms with Crippen LogP contribution in [0.4, 0.5) is 0 Å². The molecule has 0 aromatic carbocycles. The van der Waals surface area contributed by atoms with Crippen LogP contribution < -0.4 is 0 Å². The zero-order valence-corrected chi connectivity index (χ0v) is 12.2. The molecule has 1 aliphatic carbocycles. The first kappa shape index (κ1) is 15.0. The van der Waals surface area contributed by atoms with Crippen LogP contribution in [-0.2, 0) is 4.74 Å². The summed E-state index contributed by atoms with van der Waals surface area (Å²) in [7, 11) is 0. The third-order valence-electron chi connectivity index (χ3n) is 4.70. The number of ether oxygens (including phenoxy) is 1. The Labute approximate surface area is 115 Å². The molecule has 0 spiro atoms. The predicted octanol–water partition coefficient (Wildman–Crippen LogP) is 1.24. The molecule has 4 nitrogen and oxygen atoms in total. The maximum Gasteiger partial charge on any atom is 0.113 e. The van der Waals surface area contributed by atoms with Gasteiger partial charge in [0.2, 0.25) is 0 Å². The average molecular weight is 270 g/mol. The van der Waals surface area contributed by atoms with Gasteiger partial charge in [-0.25, -0.2) is 0 Å². The molecule has 1 fully saturated rings. The van der Waals surface area contributed by atoms with E-state index in [1.54, 1.807) is 0 Å². The number of hydrogen-bond donors (Lipinski definition) is 3. The molecule has 19 heavy (non-hydrogen) atoms. The van der Waals surface area contributed by atoms with E-state index in [2.05, 4.69) is 13.8 Å². The van der Waals surface area contributed by atoms with E-state index in [1.807, 2.05) is 19.9 Å². The van der Waals surface area contributed by atoms with E-state index in [4.69, 9.17) is 4.74 Å². The normalized spacial score (nSPS) is 47.6. The Balaban J connectivity index is 2.26. The molecule has 6 unspecified atom stereocenters. The van der Waals surface area contributed by atoms with Gasteiger partial charge >= 0.3 is 0 Å². The molecule has 2 aliphatic rings. The van der Waals surface area contributed by atoms with Crippen LogP contribution in [0.1, 0.15) is 40.5 Å². The van der Waals surface area contributed by atoms with Crippen molar-refractivity contribution in [3.05, 3.63) is 11.6 Å². The summed E-state index contributed by atoms with van der Waals surface area (Å²) in [6.07, 6.45) is 0.562. The van der Waals surface area contributed by atoms with Crippen LogP contribution in [-0.4, -0.2) is 45.3 Å². The Hall–Kier alpha value is -0.420. The molecule has 0 aromatic rings. The zero-order chi connectivity index (χ0) is 14.4. The van der Waals surface area contributed by atoms with Gasteiger partial charge in [0.05, 0.1) is 17.8 Å². The van der Waals surface area contributed by atoms with Crippen molar-refractivity contribution in [1.29, 1.82) is 0 Å². The molecule has 0 saturated carbocycles. The standard InChI is InChI=1S/C15H26O4/c1-8(2)10-6-5-9(3)12(17)11(16)7-15(4)14(19-15)13(10)18/h5,8,10-14,16-18H,6-7H2,1-4H3. The highest BCUT2D eigenvalue weighted by molar-refractivity contribution is 5.14. The van der Waals surface area contributed by atoms with Crippen LogP contribution in [0.2, 0.25) is 0 Å². The second-order valence-electron chi connectivity index (χ2n) is 6.65. The fourth-order valence-corrected chi connectivity index (χ4v) is 3.15. The van der Waals surface area contributed by atoms with E-state index < -0.39 is 23.9 Å². The molecule has 6 atom stereocenters. The molecule has 2 rings (SSSR count). The van der Waals surface area contributed by atoms with E-state index in [0.717, 1.165) is 5.57 Å². The third-order valence-corrected chi connectivity index (χ3v) is 4.70. The molecule has 1 saturated heterocycles. The molecule has 0 aromatic heterocycles. The Morgan fingerprint density at radius 1 is 1.32 bits per heavy atom. The van der Waals surface area contributed by atoms with Gasteiger partial charge in [-0.1, -0.05) is 19.9 Å². The summed E-state index contributed by atoms with van der Waals surface area (Å²) in [5.74, 6) is 0.457. The number of aliphatic hydroxyl groups excluding tert-OH is 3. The minimum absolute atomic E-state index is 0.115. The predicted molar refractivity (Wildman–Crippen MR) is 72.6 cm³/mol. The van der Waals surface area contributed by atoms with Crippen molar-refractivity contribution >= 4 is 0 Å². The summed E-state index contributed by atoms with van der Waals surface area (Å²) in [6.45, 7) is 7.91. The number of hydrogen-bond acceptors (Lipinski definition) is 4. The fraction of sp³-hybridized carbons (Fsp3) is 0.867. The van der Waals surface area contributed by atoms with Gasteiger partial charge in [-0.15, -0.1) is 0 Å². The minimum Gasteiger partial charge on any atom is -0.390 e. The number of fused-ring (bicyclic) bond motifs is 1. The summed E-state index contributed by atoms with van der Waals surface area (Å²) < 4.78 is 5.64. The molecule has 0 bridgehead atoms. The zero-order valence-electron chi connectivity index (χ0n) is 12.2. The molecule has 1 aliphatic heterocycles. The fourth-order valence-electron chi connectivity index (χ4n) is 3.15. The SMILES string of the molecule is CC1=CCC(C(C)C)C(O)C2OC2(C)CC(O)C1O. The summed E-state index contributed by atoms with van der Waals surface area (Å²) in [5, 5.41) is 30.6. The van der Waals surface area contributed by atoms with Crippen LogP contribution in [0, 0.1) is 11.8 Å². The van der Waals surface area contributed by atoms with Gasteiger partial charge in [0.15, 0.2) is 0 Å². The lowest BCUT2D eigenvalue weighted by atomic mass is 9.80. The van der Waals surface area contributed by atoms with Crippen LogP contribution >= 0.6 is 0 Å². The molecular weight excluding hydrogens is 244 g/mol. The smallest absolute Gasteiger partial charge is 0.113 e. The van der Waals surface area contributed by atoms with Crippen molar-refractivity contribution in [3.63, 3.8) is 0 Å². The van der Waals surface area contributed by atoms with Crippen molar-refractivity contribution in [1.82, 2.24) is 0 Å². The van der Waals surface area contributed by atoms with Crippen molar-refractivity contribution in [2.24, 2.45) is 11.8 Å². The molecule has 1 heterocycles. The Morgan fingerprint density at radius 3 is 2.53 bits per heavy atom. The first-order chi connectivity index (χ1) is 8.76. The van der Waals surface area contributed by atoms with Gasteiger partial charge in [0, 0.05) is 6.42 Å². The molecular formula is C15H26O4. The van der Waals surface area contributed by atoms with E-state index in [1.165, 1.54) is 0 Å². The van der Waals surface area contributed by atoms with Crippen molar-refractivity contribution < 1.29 is 20.1 Å². The van der Waals surface area contributed by atoms with E-state index in [0.29, 0.717) is 18.8 Å². The van der Waals surface area contributed by atoms with Crippen LogP contribution in [0.25, 0.3) is 0 Å². The Bertz CT molecular complexity index is 365. The quantitative estimate of drug-likeness (QED) is 0.495. The highest BCUT2D eigenvalue weighted by Gasteiger charge is 2.58. The highest BCUT2D eigenvalue weighted by atomic mass is 16.6. The van der Waals surface area contributed by atoms with Gasteiger partial charge in [-0.3, -0.25) is 0 Å². The summed E-state index contributed by atoms with van der Waals surface area (Å²) in [4.78, 5) is 0. The molecule has 4 heteroatoms. The lowest BCUT2D eigenvalue weighted by molar-refractivity contribution is 0.0205. The summed E-state index contributed by atoms with van der Waals surface area (Å²) in [6, 6.07) is 0. The lowest BCUT2D eigenvalue weighted by Gasteiger charge is -2.28. The van der Waals surface area contributed by atoms with E-state index >= 15 is 0 Å². The number of epoxide rings is 1. The molecule has 0 amide bonds. The van der Waals surface area contributed by atoms with Gasteiger partial charge < -0.3 is 20.1 Å². The minimum atomic E-state index is -0.843. The van der Waals surface area contributed by atoms with Gasteiger partial charge in [0.25, 0.3) is 0 Å². The van der Waals surface area contributed by atoms with Crippen molar-refractivity contribution in [2.75, 3.05) is 0 Å². The van der Waals surface area contributed by atoms with Crippen LogP contribution in [0.15, 0.2) is 11.6 Å². The largest absolute Gasteiger partial charge is 0.390 e. The number of allylic oxidation sites excluding steroid dienone is 1.